The standard InChI is InChI=1S/C11H13NO2/c1-8(2)14-10-5-3-4-9(6-10)11(13)7-12/h3-8,12H,1-2H3. The largest absolute Gasteiger partial charge is 0.491 e. The van der Waals surface area contributed by atoms with Crippen LogP contribution >= 0.6 is 0 Å². The van der Waals surface area contributed by atoms with Crippen molar-refractivity contribution >= 4 is 12.0 Å². The van der Waals surface area contributed by atoms with Gasteiger partial charge in [-0.3, -0.25) is 4.79 Å². The molecule has 0 aliphatic carbocycles. The van der Waals surface area contributed by atoms with E-state index in [1.54, 1.807) is 24.3 Å². The van der Waals surface area contributed by atoms with Crippen LogP contribution in [0.5, 0.6) is 5.75 Å². The molecule has 0 fully saturated rings. The van der Waals surface area contributed by atoms with Crippen molar-refractivity contribution in [1.82, 2.24) is 0 Å². The maximum atomic E-state index is 11.2. The summed E-state index contributed by atoms with van der Waals surface area (Å²) in [5, 5.41) is 6.84. The predicted molar refractivity (Wildman–Crippen MR) is 55.3 cm³/mol. The van der Waals surface area contributed by atoms with Crippen molar-refractivity contribution in [3.63, 3.8) is 0 Å². The van der Waals surface area contributed by atoms with E-state index in [0.29, 0.717) is 11.3 Å². The number of Topliss-reactive ketones (excluding diaryl/α,β-unsaturated/α-hetero) is 1. The van der Waals surface area contributed by atoms with Crippen molar-refractivity contribution in [2.75, 3.05) is 0 Å². The molecule has 0 bridgehead atoms. The van der Waals surface area contributed by atoms with E-state index >= 15 is 0 Å². The lowest BCUT2D eigenvalue weighted by atomic mass is 10.1. The zero-order valence-electron chi connectivity index (χ0n) is 8.28. The van der Waals surface area contributed by atoms with Crippen molar-refractivity contribution in [2.24, 2.45) is 0 Å². The van der Waals surface area contributed by atoms with Gasteiger partial charge >= 0.3 is 0 Å². The molecule has 0 unspecified atom stereocenters. The summed E-state index contributed by atoms with van der Waals surface area (Å²) in [5.41, 5.74) is 0.484. The number of ether oxygens (including phenoxy) is 1. The summed E-state index contributed by atoms with van der Waals surface area (Å²) >= 11 is 0. The first-order chi connectivity index (χ1) is 6.63. The summed E-state index contributed by atoms with van der Waals surface area (Å²) < 4.78 is 5.42. The molecule has 14 heavy (non-hydrogen) atoms. The lowest BCUT2D eigenvalue weighted by Gasteiger charge is -2.09. The lowest BCUT2D eigenvalue weighted by molar-refractivity contribution is 0.106. The Morgan fingerprint density at radius 3 is 2.79 bits per heavy atom. The minimum absolute atomic E-state index is 0.0836. The summed E-state index contributed by atoms with van der Waals surface area (Å²) in [7, 11) is 0. The Kier molecular flexibility index (Phi) is 3.40. The van der Waals surface area contributed by atoms with Crippen LogP contribution in [-0.4, -0.2) is 18.1 Å². The molecule has 0 saturated carbocycles. The fourth-order valence-corrected chi connectivity index (χ4v) is 1.08. The van der Waals surface area contributed by atoms with E-state index in [9.17, 15) is 4.79 Å². The number of benzene rings is 1. The number of nitrogens with one attached hydrogen (secondary N) is 1. The molecule has 0 aliphatic rings. The minimum Gasteiger partial charge on any atom is -0.491 e. The Labute approximate surface area is 83.2 Å². The Morgan fingerprint density at radius 2 is 2.21 bits per heavy atom. The molecule has 0 atom stereocenters. The van der Waals surface area contributed by atoms with Crippen molar-refractivity contribution in [3.05, 3.63) is 29.8 Å². The van der Waals surface area contributed by atoms with Gasteiger partial charge in [0.2, 0.25) is 5.78 Å². The second-order valence-electron chi connectivity index (χ2n) is 3.20. The van der Waals surface area contributed by atoms with Gasteiger partial charge in [-0.2, -0.15) is 0 Å². The molecule has 1 N–H and O–H groups in total. The van der Waals surface area contributed by atoms with Gasteiger partial charge in [0.25, 0.3) is 0 Å². The molecule has 1 aromatic carbocycles. The lowest BCUT2D eigenvalue weighted by Crippen LogP contribution is -2.06. The molecule has 1 aromatic rings. The zero-order valence-corrected chi connectivity index (χ0v) is 8.28. The van der Waals surface area contributed by atoms with E-state index in [2.05, 4.69) is 0 Å². The summed E-state index contributed by atoms with van der Waals surface area (Å²) in [6.07, 6.45) is 0.884. The normalized spacial score (nSPS) is 9.93. The highest BCUT2D eigenvalue weighted by molar-refractivity contribution is 6.34. The first-order valence-corrected chi connectivity index (χ1v) is 4.45. The fourth-order valence-electron chi connectivity index (χ4n) is 1.08. The molecule has 0 amide bonds. The highest BCUT2D eigenvalue weighted by Crippen LogP contribution is 2.14. The van der Waals surface area contributed by atoms with E-state index < -0.39 is 0 Å². The molecular weight excluding hydrogens is 178 g/mol. The highest BCUT2D eigenvalue weighted by atomic mass is 16.5. The van der Waals surface area contributed by atoms with Crippen LogP contribution in [0.4, 0.5) is 0 Å². The van der Waals surface area contributed by atoms with E-state index in [1.165, 1.54) is 0 Å². The molecule has 0 aromatic heterocycles. The van der Waals surface area contributed by atoms with Crippen molar-refractivity contribution in [3.8, 4) is 5.75 Å². The van der Waals surface area contributed by atoms with Crippen molar-refractivity contribution in [2.45, 2.75) is 20.0 Å². The maximum Gasteiger partial charge on any atom is 0.203 e. The van der Waals surface area contributed by atoms with Crippen molar-refractivity contribution in [1.29, 1.82) is 5.41 Å². The number of carbonyl (C=O) groups is 1. The second kappa shape index (κ2) is 4.56. The first kappa shape index (κ1) is 10.4. The van der Waals surface area contributed by atoms with Gasteiger partial charge in [0.15, 0.2) is 0 Å². The quantitative estimate of drug-likeness (QED) is 0.586. The van der Waals surface area contributed by atoms with Gasteiger partial charge in [0, 0.05) is 5.56 Å². The third-order valence-electron chi connectivity index (χ3n) is 1.62. The van der Waals surface area contributed by atoms with Crippen LogP contribution in [0.3, 0.4) is 0 Å². The molecule has 0 aliphatic heterocycles. The number of hydrogen-bond donors (Lipinski definition) is 1. The Balaban J connectivity index is 2.89. The average molecular weight is 191 g/mol. The van der Waals surface area contributed by atoms with Gasteiger partial charge in [0.05, 0.1) is 12.3 Å². The number of ketones is 1. The summed E-state index contributed by atoms with van der Waals surface area (Å²) in [6.45, 7) is 3.84. The van der Waals surface area contributed by atoms with Gasteiger partial charge in [-0.05, 0) is 26.0 Å². The monoisotopic (exact) mass is 191 g/mol. The van der Waals surface area contributed by atoms with Gasteiger partial charge in [-0.15, -0.1) is 0 Å². The second-order valence-corrected chi connectivity index (χ2v) is 3.20. The third-order valence-corrected chi connectivity index (χ3v) is 1.62. The Hall–Kier alpha value is -1.64. The molecule has 0 saturated heterocycles. The van der Waals surface area contributed by atoms with Gasteiger partial charge in [-0.1, -0.05) is 12.1 Å². The SMILES string of the molecule is CC(C)Oc1cccc(C(=O)C=N)c1. The smallest absolute Gasteiger partial charge is 0.203 e. The number of rotatable bonds is 4. The first-order valence-electron chi connectivity index (χ1n) is 4.45. The number of hydrogen-bond acceptors (Lipinski definition) is 3. The average Bonchev–Trinajstić information content (AvgIpc) is 2.16. The third kappa shape index (κ3) is 2.69. The van der Waals surface area contributed by atoms with Crippen LogP contribution in [-0.2, 0) is 0 Å². The predicted octanol–water partition coefficient (Wildman–Crippen LogP) is 2.31. The molecule has 0 radical (unpaired) electrons. The molecule has 1 rings (SSSR count). The van der Waals surface area contributed by atoms with E-state index in [-0.39, 0.29) is 11.9 Å². The van der Waals surface area contributed by atoms with Gasteiger partial charge in [0.1, 0.15) is 5.75 Å². The van der Waals surface area contributed by atoms with Crippen LogP contribution in [0.2, 0.25) is 0 Å². The van der Waals surface area contributed by atoms with E-state index in [1.807, 2.05) is 13.8 Å². The summed E-state index contributed by atoms with van der Waals surface area (Å²) in [5.74, 6) is 0.354. The molecular formula is C11H13NO2. The van der Waals surface area contributed by atoms with Crippen LogP contribution in [0.25, 0.3) is 0 Å². The van der Waals surface area contributed by atoms with Gasteiger partial charge < -0.3 is 10.1 Å². The van der Waals surface area contributed by atoms with Crippen LogP contribution in [0, 0.1) is 5.41 Å². The van der Waals surface area contributed by atoms with Crippen LogP contribution in [0.1, 0.15) is 24.2 Å². The van der Waals surface area contributed by atoms with Crippen LogP contribution < -0.4 is 4.74 Å². The molecule has 0 heterocycles. The highest BCUT2D eigenvalue weighted by Gasteiger charge is 2.04. The topological polar surface area (TPSA) is 50.2 Å². The van der Waals surface area contributed by atoms with E-state index in [4.69, 9.17) is 10.1 Å². The summed E-state index contributed by atoms with van der Waals surface area (Å²) in [4.78, 5) is 11.2. The van der Waals surface area contributed by atoms with Crippen LogP contribution in [0.15, 0.2) is 24.3 Å². The molecule has 74 valence electrons. The molecule has 3 heteroatoms. The Morgan fingerprint density at radius 1 is 1.50 bits per heavy atom. The van der Waals surface area contributed by atoms with E-state index in [0.717, 1.165) is 6.21 Å². The summed E-state index contributed by atoms with van der Waals surface area (Å²) in [6, 6.07) is 6.85. The number of carbonyl (C=O) groups excluding carboxylic acids is 1. The minimum atomic E-state index is -0.306. The van der Waals surface area contributed by atoms with Gasteiger partial charge in [-0.25, -0.2) is 0 Å². The fraction of sp³-hybridized carbons (Fsp3) is 0.273. The molecule has 0 spiro atoms. The zero-order chi connectivity index (χ0) is 10.6. The molecule has 3 nitrogen and oxygen atoms in total. The van der Waals surface area contributed by atoms with Crippen molar-refractivity contribution < 1.29 is 9.53 Å². The maximum absolute atomic E-state index is 11.2. The Bertz CT molecular complexity index is 345.